The Morgan fingerprint density at radius 1 is 1.69 bits per heavy atom. The van der Waals surface area contributed by atoms with Crippen LogP contribution < -0.4 is 21.7 Å². The molecule has 0 aliphatic carbocycles. The molecule has 1 heterocycles. The first-order chi connectivity index (χ1) is 7.60. The maximum atomic E-state index is 10.9. The molecule has 0 amide bonds. The van der Waals surface area contributed by atoms with Gasteiger partial charge in [-0.2, -0.15) is 10.8 Å². The number of carboxylic acid groups (broad SMARTS) is 1. The third-order valence-electron chi connectivity index (χ3n) is 1.82. The first kappa shape index (κ1) is 11.8. The molecule has 1 aliphatic rings. The number of nitrogens with one attached hydrogen (secondary N) is 4. The fourth-order valence-corrected chi connectivity index (χ4v) is 1.08. The number of nitriles is 1. The molecular formula is C9H11N5O2. The lowest BCUT2D eigenvalue weighted by atomic mass is 10.1. The van der Waals surface area contributed by atoms with Gasteiger partial charge in [0.15, 0.2) is 0 Å². The zero-order valence-electron chi connectivity index (χ0n) is 8.59. The molecule has 5 N–H and O–H groups in total. The Morgan fingerprint density at radius 3 is 2.88 bits per heavy atom. The minimum atomic E-state index is -1.15. The Morgan fingerprint density at radius 2 is 2.38 bits per heavy atom. The van der Waals surface area contributed by atoms with E-state index in [4.69, 9.17) is 10.4 Å². The van der Waals surface area contributed by atoms with E-state index in [1.807, 2.05) is 6.07 Å². The lowest BCUT2D eigenvalue weighted by molar-refractivity contribution is -0.132. The van der Waals surface area contributed by atoms with Gasteiger partial charge in [0.05, 0.1) is 11.3 Å². The van der Waals surface area contributed by atoms with Crippen molar-refractivity contribution in [3.05, 3.63) is 35.3 Å². The summed E-state index contributed by atoms with van der Waals surface area (Å²) < 4.78 is 0. The number of dihydropyridines is 1. The van der Waals surface area contributed by atoms with Crippen LogP contribution in [0.25, 0.3) is 0 Å². The van der Waals surface area contributed by atoms with E-state index in [-0.39, 0.29) is 17.0 Å². The summed E-state index contributed by atoms with van der Waals surface area (Å²) in [6, 6.07) is 1.85. The molecule has 0 bridgehead atoms. The molecule has 1 aliphatic heterocycles. The highest BCUT2D eigenvalue weighted by atomic mass is 16.4. The van der Waals surface area contributed by atoms with Gasteiger partial charge in [0.25, 0.3) is 0 Å². The summed E-state index contributed by atoms with van der Waals surface area (Å²) >= 11 is 0. The molecule has 1 rings (SSSR count). The molecule has 0 atom stereocenters. The zero-order chi connectivity index (χ0) is 12.1. The van der Waals surface area contributed by atoms with Gasteiger partial charge in [0.1, 0.15) is 17.5 Å². The van der Waals surface area contributed by atoms with Crippen molar-refractivity contribution in [2.75, 3.05) is 7.05 Å². The van der Waals surface area contributed by atoms with Crippen molar-refractivity contribution >= 4 is 5.97 Å². The monoisotopic (exact) mass is 221 g/mol. The largest absolute Gasteiger partial charge is 0.478 e. The Labute approximate surface area is 92.1 Å². The third-order valence-corrected chi connectivity index (χ3v) is 1.82. The molecule has 0 aromatic rings. The summed E-state index contributed by atoms with van der Waals surface area (Å²) in [7, 11) is 1.61. The second-order valence-corrected chi connectivity index (χ2v) is 2.87. The highest BCUT2D eigenvalue weighted by Crippen LogP contribution is 2.17. The van der Waals surface area contributed by atoms with Crippen molar-refractivity contribution in [2.45, 2.75) is 0 Å². The van der Waals surface area contributed by atoms with Crippen LogP contribution >= 0.6 is 0 Å². The molecular weight excluding hydrogens is 210 g/mol. The average Bonchev–Trinajstić information content (AvgIpc) is 2.25. The number of aliphatic carboxylic acids is 1. The summed E-state index contributed by atoms with van der Waals surface area (Å²) in [5, 5.41) is 20.4. The second kappa shape index (κ2) is 4.97. The van der Waals surface area contributed by atoms with Crippen LogP contribution in [0.15, 0.2) is 35.3 Å². The zero-order valence-corrected chi connectivity index (χ0v) is 8.59. The summed E-state index contributed by atoms with van der Waals surface area (Å²) in [5.41, 5.74) is 8.16. The number of hydrazine groups is 2. The van der Waals surface area contributed by atoms with Crippen LogP contribution in [0.2, 0.25) is 0 Å². The molecule has 16 heavy (non-hydrogen) atoms. The minimum absolute atomic E-state index is 0.0494. The van der Waals surface area contributed by atoms with E-state index in [2.05, 4.69) is 28.3 Å². The SMILES string of the molecule is C=C1NC(NNNC)=C(C(=O)O)C=C1C#N. The average molecular weight is 221 g/mol. The number of allylic oxidation sites excluding steroid dienone is 1. The molecule has 0 aromatic carbocycles. The molecule has 84 valence electrons. The third kappa shape index (κ3) is 2.38. The Hall–Kier alpha value is -2.30. The number of hydrogen-bond donors (Lipinski definition) is 5. The standard InChI is InChI=1S/C9H11N5O2/c1-5-6(4-10)3-7(9(15)16)8(12-5)13-14-11-2/h3,11-14H,1H2,2H3,(H,15,16). The van der Waals surface area contributed by atoms with Crippen molar-refractivity contribution in [3.63, 3.8) is 0 Å². The van der Waals surface area contributed by atoms with E-state index in [0.717, 1.165) is 0 Å². The maximum Gasteiger partial charge on any atom is 0.339 e. The molecule has 7 heteroatoms. The molecule has 0 spiro atoms. The summed E-state index contributed by atoms with van der Waals surface area (Å²) in [6.07, 6.45) is 1.25. The van der Waals surface area contributed by atoms with Gasteiger partial charge in [-0.3, -0.25) is 5.43 Å². The predicted octanol–water partition coefficient (Wildman–Crippen LogP) is -0.922. The van der Waals surface area contributed by atoms with Gasteiger partial charge in [-0.15, -0.1) is 0 Å². The highest BCUT2D eigenvalue weighted by Gasteiger charge is 2.20. The van der Waals surface area contributed by atoms with E-state index in [9.17, 15) is 4.79 Å². The van der Waals surface area contributed by atoms with E-state index in [1.54, 1.807) is 7.05 Å². The molecule has 0 radical (unpaired) electrons. The number of nitrogens with zero attached hydrogens (tertiary/aromatic N) is 1. The van der Waals surface area contributed by atoms with Crippen molar-refractivity contribution in [1.29, 1.82) is 5.26 Å². The smallest absolute Gasteiger partial charge is 0.339 e. The summed E-state index contributed by atoms with van der Waals surface area (Å²) in [4.78, 5) is 10.9. The maximum absolute atomic E-state index is 10.9. The lowest BCUT2D eigenvalue weighted by Crippen LogP contribution is -2.45. The first-order valence-corrected chi connectivity index (χ1v) is 4.33. The number of carboxylic acids is 1. The topological polar surface area (TPSA) is 109 Å². The van der Waals surface area contributed by atoms with Crippen LogP contribution in [0, 0.1) is 11.3 Å². The highest BCUT2D eigenvalue weighted by molar-refractivity contribution is 5.92. The number of carbonyl (C=O) groups is 1. The fourth-order valence-electron chi connectivity index (χ4n) is 1.08. The van der Waals surface area contributed by atoms with Crippen LogP contribution in [-0.4, -0.2) is 18.1 Å². The van der Waals surface area contributed by atoms with Crippen LogP contribution in [0.3, 0.4) is 0 Å². The Bertz CT molecular complexity index is 430. The Kier molecular flexibility index (Phi) is 3.66. The van der Waals surface area contributed by atoms with E-state index < -0.39 is 5.97 Å². The molecule has 0 unspecified atom stereocenters. The molecule has 0 saturated carbocycles. The van der Waals surface area contributed by atoms with Crippen molar-refractivity contribution in [1.82, 2.24) is 21.7 Å². The lowest BCUT2D eigenvalue weighted by Gasteiger charge is -2.20. The normalized spacial score (nSPS) is 15.0. The van der Waals surface area contributed by atoms with Gasteiger partial charge in [-0.25, -0.2) is 10.2 Å². The second-order valence-electron chi connectivity index (χ2n) is 2.87. The number of hydrogen-bond acceptors (Lipinski definition) is 6. The van der Waals surface area contributed by atoms with Gasteiger partial charge in [0.2, 0.25) is 0 Å². The molecule has 0 saturated heterocycles. The van der Waals surface area contributed by atoms with Gasteiger partial charge < -0.3 is 10.4 Å². The predicted molar refractivity (Wildman–Crippen MR) is 56.0 cm³/mol. The van der Waals surface area contributed by atoms with Gasteiger partial charge in [-0.05, 0) is 6.08 Å². The molecule has 0 aromatic heterocycles. The quantitative estimate of drug-likeness (QED) is 0.390. The van der Waals surface area contributed by atoms with E-state index in [1.165, 1.54) is 6.08 Å². The minimum Gasteiger partial charge on any atom is -0.478 e. The van der Waals surface area contributed by atoms with Crippen LogP contribution in [-0.2, 0) is 4.79 Å². The van der Waals surface area contributed by atoms with Crippen LogP contribution in [0.5, 0.6) is 0 Å². The molecule has 7 nitrogen and oxygen atoms in total. The fraction of sp³-hybridized carbons (Fsp3) is 0.111. The van der Waals surface area contributed by atoms with Gasteiger partial charge >= 0.3 is 5.97 Å². The summed E-state index contributed by atoms with van der Waals surface area (Å²) in [5.74, 6) is -0.931. The summed E-state index contributed by atoms with van der Waals surface area (Å²) in [6.45, 7) is 3.60. The van der Waals surface area contributed by atoms with E-state index >= 15 is 0 Å². The van der Waals surface area contributed by atoms with Crippen molar-refractivity contribution in [3.8, 4) is 6.07 Å². The van der Waals surface area contributed by atoms with E-state index in [0.29, 0.717) is 5.70 Å². The van der Waals surface area contributed by atoms with Crippen LogP contribution in [0.1, 0.15) is 0 Å². The number of rotatable bonds is 4. The molecule has 0 fully saturated rings. The van der Waals surface area contributed by atoms with Crippen LogP contribution in [0.4, 0.5) is 0 Å². The first-order valence-electron chi connectivity index (χ1n) is 4.33. The van der Waals surface area contributed by atoms with Gasteiger partial charge in [-0.1, -0.05) is 6.58 Å². The van der Waals surface area contributed by atoms with Crippen molar-refractivity contribution in [2.24, 2.45) is 0 Å². The Balaban J connectivity index is 3.07. The van der Waals surface area contributed by atoms with Crippen molar-refractivity contribution < 1.29 is 9.90 Å². The van der Waals surface area contributed by atoms with Gasteiger partial charge in [0, 0.05) is 7.05 Å².